The Bertz CT molecular complexity index is 885. The van der Waals surface area contributed by atoms with Gasteiger partial charge in [0.25, 0.3) is 5.91 Å². The molecule has 0 saturated heterocycles. The number of allylic oxidation sites excluding steroid dienone is 2. The number of para-hydroxylation sites is 1. The molecule has 2 aliphatic heterocycles. The number of esters is 2. The Morgan fingerprint density at radius 1 is 1.04 bits per heavy atom. The van der Waals surface area contributed by atoms with Gasteiger partial charge in [-0.1, -0.05) is 18.2 Å². The molecule has 1 unspecified atom stereocenters. The van der Waals surface area contributed by atoms with Crippen molar-refractivity contribution in [1.29, 1.82) is 0 Å². The molecule has 0 aliphatic carbocycles. The predicted molar refractivity (Wildman–Crippen MR) is 103 cm³/mol. The van der Waals surface area contributed by atoms with E-state index in [4.69, 9.17) is 9.47 Å². The predicted octanol–water partition coefficient (Wildman–Crippen LogP) is 2.52. The molecule has 2 heterocycles. The highest BCUT2D eigenvalue weighted by molar-refractivity contribution is 6.26. The molecule has 1 aromatic rings. The smallest absolute Gasteiger partial charge is 0.356 e. The topological polar surface area (TPSA) is 76.2 Å². The van der Waals surface area contributed by atoms with Gasteiger partial charge in [0.1, 0.15) is 11.9 Å². The number of ether oxygens (including phenoxy) is 2. The third-order valence-electron chi connectivity index (χ3n) is 4.37. The van der Waals surface area contributed by atoms with Gasteiger partial charge in [-0.3, -0.25) is 9.69 Å². The number of anilines is 1. The van der Waals surface area contributed by atoms with E-state index in [-0.39, 0.29) is 24.5 Å². The molecule has 7 heteroatoms. The maximum absolute atomic E-state index is 13.4. The van der Waals surface area contributed by atoms with Crippen LogP contribution in [0.1, 0.15) is 20.8 Å². The van der Waals surface area contributed by atoms with E-state index in [0.717, 1.165) is 5.57 Å². The number of carbonyl (C=O) groups is 3. The Morgan fingerprint density at radius 2 is 1.68 bits per heavy atom. The van der Waals surface area contributed by atoms with E-state index in [9.17, 15) is 14.4 Å². The fraction of sp³-hybridized carbons (Fsp3) is 0.286. The standard InChI is InChI=1S/C21H22N2O5/c1-4-27-20(25)17-18(21(26)28-5-2)22-12-11-14(3)13-16(22)23(19(17)24)15-9-7-6-8-10-15/h6-13,16H,4-5H2,1-3H3. The molecule has 0 N–H and O–H groups in total. The minimum absolute atomic E-state index is 0.0787. The lowest BCUT2D eigenvalue weighted by molar-refractivity contribution is -0.145. The molecule has 1 amide bonds. The fourth-order valence-electron chi connectivity index (χ4n) is 3.19. The Kier molecular flexibility index (Phi) is 5.63. The van der Waals surface area contributed by atoms with E-state index in [1.807, 2.05) is 19.1 Å². The highest BCUT2D eigenvalue weighted by Gasteiger charge is 2.45. The van der Waals surface area contributed by atoms with Gasteiger partial charge in [0, 0.05) is 11.9 Å². The number of carbonyl (C=O) groups excluding carboxylic acids is 3. The SMILES string of the molecule is CCOC(=O)C1=C(C(=O)OCC)N2C=CC(C)=CC2N(c2ccccc2)C1=O. The van der Waals surface area contributed by atoms with Crippen molar-refractivity contribution in [2.45, 2.75) is 26.9 Å². The molecule has 1 atom stereocenters. The van der Waals surface area contributed by atoms with Crippen LogP contribution in [0.5, 0.6) is 0 Å². The highest BCUT2D eigenvalue weighted by atomic mass is 16.5. The van der Waals surface area contributed by atoms with Gasteiger partial charge in [0.05, 0.1) is 13.2 Å². The third-order valence-corrected chi connectivity index (χ3v) is 4.37. The zero-order valence-electron chi connectivity index (χ0n) is 16.0. The summed E-state index contributed by atoms with van der Waals surface area (Å²) in [5, 5.41) is 0. The van der Waals surface area contributed by atoms with Gasteiger partial charge in [0.2, 0.25) is 0 Å². The van der Waals surface area contributed by atoms with Crippen molar-refractivity contribution in [3.8, 4) is 0 Å². The van der Waals surface area contributed by atoms with Crippen LogP contribution in [-0.4, -0.2) is 42.1 Å². The monoisotopic (exact) mass is 382 g/mol. The van der Waals surface area contributed by atoms with Crippen LogP contribution in [-0.2, 0) is 23.9 Å². The molecule has 0 radical (unpaired) electrons. The summed E-state index contributed by atoms with van der Waals surface area (Å²) in [5.41, 5.74) is 1.09. The number of nitrogens with zero attached hydrogens (tertiary/aromatic N) is 2. The zero-order chi connectivity index (χ0) is 20.3. The van der Waals surface area contributed by atoms with E-state index in [0.29, 0.717) is 5.69 Å². The van der Waals surface area contributed by atoms with Crippen LogP contribution >= 0.6 is 0 Å². The molecule has 0 fully saturated rings. The molecular formula is C21H22N2O5. The fourth-order valence-corrected chi connectivity index (χ4v) is 3.19. The minimum Gasteiger partial charge on any atom is -0.462 e. The lowest BCUT2D eigenvalue weighted by atomic mass is 10.0. The molecule has 146 valence electrons. The van der Waals surface area contributed by atoms with Crippen molar-refractivity contribution in [1.82, 2.24) is 4.90 Å². The second kappa shape index (κ2) is 8.12. The van der Waals surface area contributed by atoms with E-state index in [2.05, 4.69) is 0 Å². The second-order valence-corrected chi connectivity index (χ2v) is 6.22. The number of amides is 1. The highest BCUT2D eigenvalue weighted by Crippen LogP contribution is 2.34. The average molecular weight is 382 g/mol. The van der Waals surface area contributed by atoms with Crippen molar-refractivity contribution in [3.63, 3.8) is 0 Å². The lowest BCUT2D eigenvalue weighted by Crippen LogP contribution is -2.56. The summed E-state index contributed by atoms with van der Waals surface area (Å²) in [6.45, 7) is 5.40. The Hall–Kier alpha value is -3.35. The van der Waals surface area contributed by atoms with Crippen molar-refractivity contribution in [2.24, 2.45) is 0 Å². The Labute approximate surface area is 163 Å². The molecule has 0 spiro atoms. The number of fused-ring (bicyclic) bond motifs is 1. The van der Waals surface area contributed by atoms with Crippen molar-refractivity contribution in [3.05, 3.63) is 65.5 Å². The summed E-state index contributed by atoms with van der Waals surface area (Å²) in [7, 11) is 0. The maximum Gasteiger partial charge on any atom is 0.356 e. The van der Waals surface area contributed by atoms with Gasteiger partial charge >= 0.3 is 11.9 Å². The molecule has 2 aliphatic rings. The minimum atomic E-state index is -0.852. The largest absolute Gasteiger partial charge is 0.462 e. The van der Waals surface area contributed by atoms with Gasteiger partial charge in [-0.05, 0) is 50.6 Å². The van der Waals surface area contributed by atoms with E-state index in [1.165, 1.54) is 4.90 Å². The van der Waals surface area contributed by atoms with Crippen molar-refractivity contribution in [2.75, 3.05) is 18.1 Å². The van der Waals surface area contributed by atoms with Crippen LogP contribution in [0.3, 0.4) is 0 Å². The van der Waals surface area contributed by atoms with Crippen LogP contribution in [0.4, 0.5) is 5.69 Å². The zero-order valence-corrected chi connectivity index (χ0v) is 16.0. The number of benzene rings is 1. The average Bonchev–Trinajstić information content (AvgIpc) is 2.68. The molecular weight excluding hydrogens is 360 g/mol. The molecule has 7 nitrogen and oxygen atoms in total. The maximum atomic E-state index is 13.4. The molecule has 0 aromatic heterocycles. The first-order valence-electron chi connectivity index (χ1n) is 9.11. The first-order chi connectivity index (χ1) is 13.5. The van der Waals surface area contributed by atoms with Gasteiger partial charge in [0.15, 0.2) is 5.57 Å². The Balaban J connectivity index is 2.22. The van der Waals surface area contributed by atoms with Crippen LogP contribution < -0.4 is 4.90 Å². The summed E-state index contributed by atoms with van der Waals surface area (Å²) in [6, 6.07) is 8.99. The quantitative estimate of drug-likeness (QED) is 0.575. The summed E-state index contributed by atoms with van der Waals surface area (Å²) in [6.07, 6.45) is 4.73. The van der Waals surface area contributed by atoms with E-state index < -0.39 is 24.0 Å². The number of hydrogen-bond donors (Lipinski definition) is 0. The van der Waals surface area contributed by atoms with Crippen LogP contribution in [0.2, 0.25) is 0 Å². The molecule has 3 rings (SSSR count). The van der Waals surface area contributed by atoms with Gasteiger partial charge in [-0.2, -0.15) is 0 Å². The summed E-state index contributed by atoms with van der Waals surface area (Å²) in [4.78, 5) is 41.8. The lowest BCUT2D eigenvalue weighted by Gasteiger charge is -2.43. The molecule has 0 saturated carbocycles. The summed E-state index contributed by atoms with van der Waals surface area (Å²) < 4.78 is 10.2. The van der Waals surface area contributed by atoms with Crippen LogP contribution in [0, 0.1) is 0 Å². The molecule has 0 bridgehead atoms. The summed E-state index contributed by atoms with van der Waals surface area (Å²) in [5.74, 6) is -2.20. The van der Waals surface area contributed by atoms with Crippen LogP contribution in [0.25, 0.3) is 0 Å². The first kappa shape index (κ1) is 19.4. The second-order valence-electron chi connectivity index (χ2n) is 6.22. The normalized spacial score (nSPS) is 18.6. The first-order valence-corrected chi connectivity index (χ1v) is 9.11. The molecule has 28 heavy (non-hydrogen) atoms. The van der Waals surface area contributed by atoms with Crippen LogP contribution in [0.15, 0.2) is 65.5 Å². The Morgan fingerprint density at radius 3 is 2.32 bits per heavy atom. The number of hydrogen-bond acceptors (Lipinski definition) is 6. The van der Waals surface area contributed by atoms with E-state index >= 15 is 0 Å². The van der Waals surface area contributed by atoms with Crippen molar-refractivity contribution < 1.29 is 23.9 Å². The summed E-state index contributed by atoms with van der Waals surface area (Å²) >= 11 is 0. The van der Waals surface area contributed by atoms with Gasteiger partial charge in [-0.15, -0.1) is 0 Å². The third kappa shape index (κ3) is 3.43. The number of rotatable bonds is 5. The molecule has 1 aromatic carbocycles. The van der Waals surface area contributed by atoms with Gasteiger partial charge < -0.3 is 14.4 Å². The van der Waals surface area contributed by atoms with Crippen molar-refractivity contribution >= 4 is 23.5 Å². The van der Waals surface area contributed by atoms with E-state index in [1.54, 1.807) is 55.3 Å². The van der Waals surface area contributed by atoms with Gasteiger partial charge in [-0.25, -0.2) is 9.59 Å².